The molecule has 8 nitrogen and oxygen atoms in total. The summed E-state index contributed by atoms with van der Waals surface area (Å²) in [6, 6.07) is 0. The van der Waals surface area contributed by atoms with E-state index in [0.717, 1.165) is 13.8 Å². The molecule has 0 saturated heterocycles. The van der Waals surface area contributed by atoms with Crippen molar-refractivity contribution in [3.8, 4) is 0 Å². The third-order valence-corrected chi connectivity index (χ3v) is 2.03. The third-order valence-electron chi connectivity index (χ3n) is 0.678. The average Bonchev–Trinajstić information content (AvgIpc) is 1.43. The lowest BCUT2D eigenvalue weighted by atomic mass is 10.4. The van der Waals surface area contributed by atoms with Crippen LogP contribution in [0.4, 0.5) is 0 Å². The zero-order chi connectivity index (χ0) is 10.9. The minimum atomic E-state index is -4.84. The lowest BCUT2D eigenvalue weighted by molar-refractivity contribution is -0.109. The molecule has 0 aliphatic heterocycles. The average molecular weight is 236 g/mol. The second-order valence-electron chi connectivity index (χ2n) is 2.56. The van der Waals surface area contributed by atoms with Crippen LogP contribution in [0.25, 0.3) is 0 Å². The highest BCUT2D eigenvalue weighted by Gasteiger charge is 2.35. The van der Waals surface area contributed by atoms with E-state index in [1.54, 1.807) is 0 Å². The Hall–Kier alpha value is 0.220. The Kier molecular flexibility index (Phi) is 3.83. The molecule has 0 rings (SSSR count). The maximum absolute atomic E-state index is 10.3. The number of rotatable bonds is 4. The minimum Gasteiger partial charge on any atom is -0.303 e. The molecule has 0 aliphatic carbocycles. The summed E-state index contributed by atoms with van der Waals surface area (Å²) in [5, 5.41) is 0. The van der Waals surface area contributed by atoms with Crippen molar-refractivity contribution in [2.75, 3.05) is 0 Å². The van der Waals surface area contributed by atoms with Gasteiger partial charge in [-0.2, -0.15) is 0 Å². The maximum Gasteiger partial charge on any atom is 0.472 e. The first-order chi connectivity index (χ1) is 5.41. The van der Waals surface area contributed by atoms with Crippen LogP contribution in [-0.2, 0) is 18.2 Å². The Morgan fingerprint density at radius 1 is 0.923 bits per heavy atom. The molecule has 0 atom stereocenters. The Bertz CT molecular complexity index is 233. The molecule has 13 heavy (non-hydrogen) atoms. The summed E-state index contributed by atoms with van der Waals surface area (Å²) >= 11 is 0. The van der Waals surface area contributed by atoms with Gasteiger partial charge in [0.05, 0.1) is 0 Å². The van der Waals surface area contributed by atoms with Crippen molar-refractivity contribution in [2.24, 2.45) is 0 Å². The number of hydrogen-bond donors (Lipinski definition) is 4. The van der Waals surface area contributed by atoms with Gasteiger partial charge in [0, 0.05) is 0 Å². The Labute approximate surface area is 74.0 Å². The van der Waals surface area contributed by atoms with Gasteiger partial charge < -0.3 is 19.6 Å². The summed E-state index contributed by atoms with van der Waals surface area (Å²) in [5.74, 6) is -2.06. The second kappa shape index (κ2) is 3.76. The second-order valence-corrected chi connectivity index (χ2v) is 4.89. The number of phosphoric acid groups is 2. The first-order valence-electron chi connectivity index (χ1n) is 2.94. The van der Waals surface area contributed by atoms with Crippen molar-refractivity contribution in [3.63, 3.8) is 0 Å². The molecule has 10 heteroatoms. The Balaban J connectivity index is 4.43. The molecule has 0 saturated carbocycles. The van der Waals surface area contributed by atoms with E-state index in [9.17, 15) is 9.13 Å². The molecular weight excluding hydrogens is 226 g/mol. The van der Waals surface area contributed by atoms with E-state index in [1.807, 2.05) is 0 Å². The number of phosphoric ester groups is 2. The molecule has 0 bridgehead atoms. The number of hydrogen-bond acceptors (Lipinski definition) is 4. The molecule has 0 spiro atoms. The molecule has 0 aromatic heterocycles. The summed E-state index contributed by atoms with van der Waals surface area (Å²) in [4.78, 5) is 33.2. The molecule has 80 valence electrons. The van der Waals surface area contributed by atoms with Crippen molar-refractivity contribution >= 4 is 15.6 Å². The van der Waals surface area contributed by atoms with Crippen LogP contribution >= 0.6 is 15.6 Å². The van der Waals surface area contributed by atoms with Crippen molar-refractivity contribution in [3.05, 3.63) is 0 Å². The van der Waals surface area contributed by atoms with Crippen LogP contribution < -0.4 is 0 Å². The quantitative estimate of drug-likeness (QED) is 0.394. The van der Waals surface area contributed by atoms with Gasteiger partial charge >= 0.3 is 15.6 Å². The first kappa shape index (κ1) is 13.2. The topological polar surface area (TPSA) is 134 Å². The smallest absolute Gasteiger partial charge is 0.303 e. The van der Waals surface area contributed by atoms with Gasteiger partial charge in [-0.3, -0.25) is 9.05 Å². The molecule has 0 heterocycles. The summed E-state index contributed by atoms with van der Waals surface area (Å²) in [6.45, 7) is 1.93. The van der Waals surface area contributed by atoms with E-state index in [2.05, 4.69) is 9.05 Å². The Morgan fingerprint density at radius 3 is 1.31 bits per heavy atom. The standard InChI is InChI=1S/C3H10O8P2/c1-3(2,10-12(4,5)6)11-13(7,8)9/h1-2H3,(H2,4,5,6)(H2,7,8,9). The van der Waals surface area contributed by atoms with Gasteiger partial charge in [-0.15, -0.1) is 0 Å². The van der Waals surface area contributed by atoms with E-state index in [-0.39, 0.29) is 0 Å². The SMILES string of the molecule is CC(C)(OP(=O)(O)O)OP(=O)(O)O. The summed E-state index contributed by atoms with van der Waals surface area (Å²) < 4.78 is 28.5. The minimum absolute atomic E-state index is 0.963. The summed E-state index contributed by atoms with van der Waals surface area (Å²) in [7, 11) is -9.68. The molecule has 0 aliphatic rings. The van der Waals surface area contributed by atoms with Crippen LogP contribution in [0.15, 0.2) is 0 Å². The van der Waals surface area contributed by atoms with E-state index in [4.69, 9.17) is 19.6 Å². The van der Waals surface area contributed by atoms with E-state index >= 15 is 0 Å². The third kappa shape index (κ3) is 8.55. The highest BCUT2D eigenvalue weighted by Crippen LogP contribution is 2.48. The van der Waals surface area contributed by atoms with Gasteiger partial charge in [-0.1, -0.05) is 0 Å². The van der Waals surface area contributed by atoms with Gasteiger partial charge in [0.1, 0.15) is 0 Å². The molecule has 0 fully saturated rings. The predicted octanol–water partition coefficient (Wildman–Crippen LogP) is -0.0589. The van der Waals surface area contributed by atoms with Crippen LogP contribution in [0.5, 0.6) is 0 Å². The first-order valence-corrected chi connectivity index (χ1v) is 6.00. The van der Waals surface area contributed by atoms with Crippen LogP contribution in [0, 0.1) is 0 Å². The highest BCUT2D eigenvalue weighted by molar-refractivity contribution is 7.47. The van der Waals surface area contributed by atoms with Gasteiger partial charge in [0.25, 0.3) is 0 Å². The van der Waals surface area contributed by atoms with E-state index in [1.165, 1.54) is 0 Å². The van der Waals surface area contributed by atoms with Crippen molar-refractivity contribution < 1.29 is 37.8 Å². The fourth-order valence-electron chi connectivity index (χ4n) is 0.589. The van der Waals surface area contributed by atoms with Gasteiger partial charge in [0.2, 0.25) is 0 Å². The lowest BCUT2D eigenvalue weighted by Gasteiger charge is -2.24. The Morgan fingerprint density at radius 2 is 1.15 bits per heavy atom. The normalized spacial score (nSPS) is 14.6. The zero-order valence-corrected chi connectivity index (χ0v) is 8.61. The molecule has 4 N–H and O–H groups in total. The van der Waals surface area contributed by atoms with Crippen molar-refractivity contribution in [1.82, 2.24) is 0 Å². The van der Waals surface area contributed by atoms with Crippen LogP contribution in [-0.4, -0.2) is 25.4 Å². The molecule has 0 amide bonds. The highest BCUT2D eigenvalue weighted by atomic mass is 31.2. The molecule has 0 aromatic rings. The molecule has 0 radical (unpaired) electrons. The predicted molar refractivity (Wildman–Crippen MR) is 40.3 cm³/mol. The van der Waals surface area contributed by atoms with Gasteiger partial charge in [-0.25, -0.2) is 9.13 Å². The summed E-state index contributed by atoms with van der Waals surface area (Å²) in [6.07, 6.45) is 0. The molecule has 0 aromatic carbocycles. The van der Waals surface area contributed by atoms with Crippen LogP contribution in [0.3, 0.4) is 0 Å². The lowest BCUT2D eigenvalue weighted by Crippen LogP contribution is -2.25. The van der Waals surface area contributed by atoms with Crippen molar-refractivity contribution in [1.29, 1.82) is 0 Å². The maximum atomic E-state index is 10.3. The van der Waals surface area contributed by atoms with Crippen LogP contribution in [0.2, 0.25) is 0 Å². The fraction of sp³-hybridized carbons (Fsp3) is 1.00. The van der Waals surface area contributed by atoms with Gasteiger partial charge in [-0.05, 0) is 13.8 Å². The van der Waals surface area contributed by atoms with E-state index < -0.39 is 21.4 Å². The fourth-order valence-corrected chi connectivity index (χ4v) is 1.87. The van der Waals surface area contributed by atoms with Crippen molar-refractivity contribution in [2.45, 2.75) is 19.6 Å². The zero-order valence-electron chi connectivity index (χ0n) is 6.82. The molecular formula is C3H10O8P2. The largest absolute Gasteiger partial charge is 0.472 e. The van der Waals surface area contributed by atoms with Crippen LogP contribution in [0.1, 0.15) is 13.8 Å². The van der Waals surface area contributed by atoms with E-state index in [0.29, 0.717) is 0 Å². The monoisotopic (exact) mass is 236 g/mol. The van der Waals surface area contributed by atoms with Gasteiger partial charge in [0.15, 0.2) is 5.79 Å². The summed E-state index contributed by atoms with van der Waals surface area (Å²) in [5.41, 5.74) is 0. The molecule has 0 unspecified atom stereocenters.